The predicted molar refractivity (Wildman–Crippen MR) is 114 cm³/mol. The van der Waals surface area contributed by atoms with Crippen LogP contribution in [0.15, 0.2) is 29.0 Å². The van der Waals surface area contributed by atoms with Crippen molar-refractivity contribution in [1.82, 2.24) is 30.2 Å². The summed E-state index contributed by atoms with van der Waals surface area (Å²) in [5, 5.41) is 20.3. The largest absolute Gasteiger partial charge is 0.344 e. The van der Waals surface area contributed by atoms with Gasteiger partial charge in [-0.2, -0.15) is 15.3 Å². The molecule has 3 aromatic rings. The third-order valence-corrected chi connectivity index (χ3v) is 5.18. The summed E-state index contributed by atoms with van der Waals surface area (Å²) in [5.74, 6) is 0.796. The van der Waals surface area contributed by atoms with Gasteiger partial charge in [0.25, 0.3) is 0 Å². The van der Waals surface area contributed by atoms with E-state index in [2.05, 4.69) is 31.6 Å². The predicted octanol–water partition coefficient (Wildman–Crippen LogP) is 3.30. The molecule has 9 nitrogen and oxygen atoms in total. The van der Waals surface area contributed by atoms with Crippen molar-refractivity contribution in [1.29, 1.82) is 5.26 Å². The first-order chi connectivity index (χ1) is 14.9. The summed E-state index contributed by atoms with van der Waals surface area (Å²) < 4.78 is 7.28. The lowest BCUT2D eigenvalue weighted by atomic mass is 10.0. The molecule has 31 heavy (non-hydrogen) atoms. The molecular formula is C22H27N7O2. The van der Waals surface area contributed by atoms with Gasteiger partial charge in [0.1, 0.15) is 6.04 Å². The summed E-state index contributed by atoms with van der Waals surface area (Å²) in [5.41, 5.74) is 3.69. The van der Waals surface area contributed by atoms with Crippen LogP contribution in [0, 0.1) is 31.1 Å². The van der Waals surface area contributed by atoms with Crippen LogP contribution in [0.3, 0.4) is 0 Å². The van der Waals surface area contributed by atoms with E-state index in [0.717, 1.165) is 22.5 Å². The Morgan fingerprint density at radius 3 is 2.84 bits per heavy atom. The molecule has 0 radical (unpaired) electrons. The molecule has 1 N–H and O–H groups in total. The molecule has 3 heterocycles. The number of carbonyl (C=O) groups excluding carboxylic acids is 1. The van der Waals surface area contributed by atoms with E-state index in [1.807, 2.05) is 38.4 Å². The SMILES string of the molecule is Cc1nn(CCC#N)c(C)c1CCC(=O)NC(c1nc(-c2cccnc2)no1)C(C)C. The zero-order chi connectivity index (χ0) is 22.4. The standard InChI is InChI=1S/C22H27N7O2/c1-14(2)20(22-26-21(28-31-22)17-7-5-11-24-13-17)25-19(30)9-8-18-15(3)27-29(16(18)4)12-6-10-23/h5,7,11,13-14,20H,6,8-9,12H2,1-4H3,(H,25,30). The highest BCUT2D eigenvalue weighted by Gasteiger charge is 2.25. The number of nitriles is 1. The van der Waals surface area contributed by atoms with Gasteiger partial charge in [0.15, 0.2) is 0 Å². The van der Waals surface area contributed by atoms with Crippen LogP contribution in [-0.2, 0) is 17.8 Å². The average molecular weight is 422 g/mol. The Balaban J connectivity index is 1.65. The van der Waals surface area contributed by atoms with E-state index in [4.69, 9.17) is 9.78 Å². The minimum atomic E-state index is -0.383. The minimum absolute atomic E-state index is 0.0725. The Morgan fingerprint density at radius 1 is 1.35 bits per heavy atom. The van der Waals surface area contributed by atoms with E-state index in [0.29, 0.717) is 37.5 Å². The highest BCUT2D eigenvalue weighted by molar-refractivity contribution is 5.76. The quantitative estimate of drug-likeness (QED) is 0.562. The summed E-state index contributed by atoms with van der Waals surface area (Å²) in [6.45, 7) is 8.44. The van der Waals surface area contributed by atoms with Gasteiger partial charge >= 0.3 is 0 Å². The molecule has 0 aliphatic rings. The first-order valence-corrected chi connectivity index (χ1v) is 10.3. The van der Waals surface area contributed by atoms with E-state index >= 15 is 0 Å². The lowest BCUT2D eigenvalue weighted by Gasteiger charge is -2.18. The third kappa shape index (κ3) is 5.34. The van der Waals surface area contributed by atoms with Gasteiger partial charge in [0.05, 0.1) is 24.7 Å². The van der Waals surface area contributed by atoms with E-state index in [1.54, 1.807) is 18.5 Å². The van der Waals surface area contributed by atoms with Crippen LogP contribution < -0.4 is 5.32 Å². The van der Waals surface area contributed by atoms with Crippen LogP contribution in [0.4, 0.5) is 0 Å². The minimum Gasteiger partial charge on any atom is -0.344 e. The second-order valence-corrected chi connectivity index (χ2v) is 7.77. The number of carbonyl (C=O) groups is 1. The Kier molecular flexibility index (Phi) is 7.13. The molecule has 9 heteroatoms. The lowest BCUT2D eigenvalue weighted by Crippen LogP contribution is -2.32. The lowest BCUT2D eigenvalue weighted by molar-refractivity contribution is -0.122. The molecule has 1 atom stereocenters. The van der Waals surface area contributed by atoms with E-state index in [-0.39, 0.29) is 17.9 Å². The van der Waals surface area contributed by atoms with Gasteiger partial charge in [-0.1, -0.05) is 19.0 Å². The van der Waals surface area contributed by atoms with Gasteiger partial charge in [-0.15, -0.1) is 0 Å². The number of hydrogen-bond acceptors (Lipinski definition) is 7. The normalized spacial score (nSPS) is 12.0. The summed E-state index contributed by atoms with van der Waals surface area (Å²) in [6, 6.07) is 5.41. The molecule has 0 aromatic carbocycles. The van der Waals surface area contributed by atoms with Crippen molar-refractivity contribution in [2.75, 3.05) is 0 Å². The summed E-state index contributed by atoms with van der Waals surface area (Å²) in [7, 11) is 0. The van der Waals surface area contributed by atoms with E-state index < -0.39 is 0 Å². The van der Waals surface area contributed by atoms with Crippen molar-refractivity contribution in [3.05, 3.63) is 47.4 Å². The molecule has 1 unspecified atom stereocenters. The maximum Gasteiger partial charge on any atom is 0.249 e. The second-order valence-electron chi connectivity index (χ2n) is 7.77. The molecule has 3 aromatic heterocycles. The Morgan fingerprint density at radius 2 is 2.16 bits per heavy atom. The van der Waals surface area contributed by atoms with Crippen LogP contribution in [0.5, 0.6) is 0 Å². The zero-order valence-corrected chi connectivity index (χ0v) is 18.3. The summed E-state index contributed by atoms with van der Waals surface area (Å²) in [4.78, 5) is 21.2. The summed E-state index contributed by atoms with van der Waals surface area (Å²) >= 11 is 0. The molecule has 0 aliphatic carbocycles. The van der Waals surface area contributed by atoms with E-state index in [9.17, 15) is 4.79 Å². The maximum atomic E-state index is 12.7. The fraction of sp³-hybridized carbons (Fsp3) is 0.455. The Hall–Kier alpha value is -3.54. The van der Waals surface area contributed by atoms with Crippen molar-refractivity contribution in [3.8, 4) is 17.5 Å². The smallest absolute Gasteiger partial charge is 0.249 e. The molecule has 0 saturated heterocycles. The van der Waals surface area contributed by atoms with Crippen LogP contribution in [-0.4, -0.2) is 30.8 Å². The van der Waals surface area contributed by atoms with Gasteiger partial charge in [-0.25, -0.2) is 0 Å². The molecular weight excluding hydrogens is 394 g/mol. The number of hydrogen-bond donors (Lipinski definition) is 1. The molecule has 1 amide bonds. The number of aromatic nitrogens is 5. The number of rotatable bonds is 9. The second kappa shape index (κ2) is 9.98. The molecule has 0 saturated carbocycles. The van der Waals surface area contributed by atoms with Crippen molar-refractivity contribution in [3.63, 3.8) is 0 Å². The number of nitrogens with one attached hydrogen (secondary N) is 1. The van der Waals surface area contributed by atoms with Crippen molar-refractivity contribution in [2.24, 2.45) is 5.92 Å². The molecule has 0 spiro atoms. The van der Waals surface area contributed by atoms with Crippen LogP contribution in [0.2, 0.25) is 0 Å². The highest BCUT2D eigenvalue weighted by Crippen LogP contribution is 2.24. The zero-order valence-electron chi connectivity index (χ0n) is 18.3. The van der Waals surface area contributed by atoms with Gasteiger partial charge in [-0.05, 0) is 43.9 Å². The topological polar surface area (TPSA) is 123 Å². The van der Waals surface area contributed by atoms with Gasteiger partial charge < -0.3 is 9.84 Å². The first-order valence-electron chi connectivity index (χ1n) is 10.3. The van der Waals surface area contributed by atoms with Crippen LogP contribution in [0.1, 0.15) is 55.6 Å². The molecule has 0 bridgehead atoms. The van der Waals surface area contributed by atoms with Crippen LogP contribution in [0.25, 0.3) is 11.4 Å². The van der Waals surface area contributed by atoms with Crippen molar-refractivity contribution >= 4 is 5.91 Å². The highest BCUT2D eigenvalue weighted by atomic mass is 16.5. The van der Waals surface area contributed by atoms with Gasteiger partial charge in [-0.3, -0.25) is 14.5 Å². The molecule has 0 aliphatic heterocycles. The Bertz CT molecular complexity index is 1060. The number of nitrogens with zero attached hydrogens (tertiary/aromatic N) is 6. The number of amides is 1. The first kappa shape index (κ1) is 22.2. The fourth-order valence-electron chi connectivity index (χ4n) is 3.44. The van der Waals surface area contributed by atoms with Gasteiger partial charge in [0, 0.05) is 30.1 Å². The maximum absolute atomic E-state index is 12.7. The fourth-order valence-corrected chi connectivity index (χ4v) is 3.44. The molecule has 0 fully saturated rings. The van der Waals surface area contributed by atoms with Crippen molar-refractivity contribution < 1.29 is 9.32 Å². The number of aryl methyl sites for hydroxylation is 2. The summed E-state index contributed by atoms with van der Waals surface area (Å²) in [6.07, 6.45) is 4.64. The average Bonchev–Trinajstić information content (AvgIpc) is 3.34. The molecule has 3 rings (SSSR count). The van der Waals surface area contributed by atoms with Crippen molar-refractivity contribution in [2.45, 2.75) is 59.5 Å². The van der Waals surface area contributed by atoms with Gasteiger partial charge in [0.2, 0.25) is 17.6 Å². The van der Waals surface area contributed by atoms with Crippen LogP contribution >= 0.6 is 0 Å². The third-order valence-electron chi connectivity index (χ3n) is 5.18. The number of pyridine rings is 1. The Labute approximate surface area is 181 Å². The van der Waals surface area contributed by atoms with E-state index in [1.165, 1.54) is 0 Å². The monoisotopic (exact) mass is 421 g/mol. The molecule has 162 valence electrons.